The third-order valence-electron chi connectivity index (χ3n) is 5.23. The lowest BCUT2D eigenvalue weighted by atomic mass is 9.90. The topological polar surface area (TPSA) is 69.7 Å². The van der Waals surface area contributed by atoms with Crippen LogP contribution in [0.15, 0.2) is 24.3 Å². The zero-order chi connectivity index (χ0) is 18.7. The molecule has 1 saturated heterocycles. The fraction of sp³-hybridized carbons (Fsp3) is 0.526. The summed E-state index contributed by atoms with van der Waals surface area (Å²) < 4.78 is 0. The predicted octanol–water partition coefficient (Wildman–Crippen LogP) is 2.94. The molecule has 26 heavy (non-hydrogen) atoms. The number of nitrogens with one attached hydrogen (secondary N) is 1. The lowest BCUT2D eigenvalue weighted by Gasteiger charge is -2.25. The summed E-state index contributed by atoms with van der Waals surface area (Å²) in [5.41, 5.74) is 0.0881. The molecule has 1 saturated carbocycles. The molecule has 0 unspecified atom stereocenters. The first kappa shape index (κ1) is 18.7. The Hall–Kier alpha value is -2.08. The minimum absolute atomic E-state index is 0.233. The van der Waals surface area contributed by atoms with Gasteiger partial charge in [0.2, 0.25) is 5.91 Å². The lowest BCUT2D eigenvalue weighted by molar-refractivity contribution is -0.138. The number of carbonyl (C=O) groups is 3. The van der Waals surface area contributed by atoms with Crippen LogP contribution in [0.25, 0.3) is 0 Å². The molecule has 6 nitrogen and oxygen atoms in total. The van der Waals surface area contributed by atoms with Gasteiger partial charge in [0.15, 0.2) is 0 Å². The van der Waals surface area contributed by atoms with Crippen LogP contribution in [0.5, 0.6) is 0 Å². The van der Waals surface area contributed by atoms with E-state index in [1.165, 1.54) is 4.90 Å². The fourth-order valence-corrected chi connectivity index (χ4v) is 3.96. The van der Waals surface area contributed by atoms with Gasteiger partial charge in [-0.25, -0.2) is 4.79 Å². The molecule has 1 heterocycles. The summed E-state index contributed by atoms with van der Waals surface area (Å²) in [5, 5.41) is 3.46. The number of hydrogen-bond acceptors (Lipinski definition) is 3. The number of likely N-dealkylation sites (N-methyl/N-ethyl adjacent to an activating group) is 1. The third kappa shape index (κ3) is 3.85. The summed E-state index contributed by atoms with van der Waals surface area (Å²) in [5.74, 6) is -0.534. The van der Waals surface area contributed by atoms with E-state index in [0.717, 1.165) is 36.1 Å². The van der Waals surface area contributed by atoms with Crippen LogP contribution in [0, 0.1) is 0 Å². The standard InChI is InChI=1S/C19H24ClN3O3/c1-22(12-14-7-6-8-15(20)11-14)16(24)13-23-17(25)19(21-18(23)26)9-4-2-3-5-10-19/h6-8,11H,2-5,9-10,12-13H2,1H3,(H,21,26). The highest BCUT2D eigenvalue weighted by molar-refractivity contribution is 6.30. The predicted molar refractivity (Wildman–Crippen MR) is 98.6 cm³/mol. The van der Waals surface area contributed by atoms with Crippen molar-refractivity contribution in [2.45, 2.75) is 50.6 Å². The molecule has 2 aliphatic rings. The van der Waals surface area contributed by atoms with E-state index in [1.807, 2.05) is 12.1 Å². The average molecular weight is 378 g/mol. The number of amides is 4. The molecule has 0 bridgehead atoms. The van der Waals surface area contributed by atoms with E-state index in [2.05, 4.69) is 5.32 Å². The largest absolute Gasteiger partial charge is 0.340 e. The first-order valence-electron chi connectivity index (χ1n) is 9.04. The molecule has 7 heteroatoms. The number of halogens is 1. The fourth-order valence-electron chi connectivity index (χ4n) is 3.74. The number of urea groups is 1. The molecular formula is C19H24ClN3O3. The van der Waals surface area contributed by atoms with E-state index in [0.29, 0.717) is 24.4 Å². The van der Waals surface area contributed by atoms with Gasteiger partial charge in [0.1, 0.15) is 12.1 Å². The van der Waals surface area contributed by atoms with Crippen LogP contribution in [0.2, 0.25) is 5.02 Å². The second-order valence-electron chi connectivity index (χ2n) is 7.20. The second kappa shape index (κ2) is 7.66. The van der Waals surface area contributed by atoms with Gasteiger partial charge in [-0.15, -0.1) is 0 Å². The average Bonchev–Trinajstić information content (AvgIpc) is 2.77. The Bertz CT molecular complexity index is 714. The number of imide groups is 1. The quantitative estimate of drug-likeness (QED) is 0.820. The number of nitrogens with zero attached hydrogens (tertiary/aromatic N) is 2. The van der Waals surface area contributed by atoms with Crippen LogP contribution in [0.1, 0.15) is 44.1 Å². The van der Waals surface area contributed by atoms with Crippen molar-refractivity contribution in [1.29, 1.82) is 0 Å². The first-order chi connectivity index (χ1) is 12.4. The first-order valence-corrected chi connectivity index (χ1v) is 9.42. The molecule has 1 N–H and O–H groups in total. The highest BCUT2D eigenvalue weighted by Crippen LogP contribution is 2.32. The van der Waals surface area contributed by atoms with Crippen LogP contribution in [-0.4, -0.2) is 46.8 Å². The molecule has 0 atom stereocenters. The van der Waals surface area contributed by atoms with Crippen molar-refractivity contribution < 1.29 is 14.4 Å². The Morgan fingerprint density at radius 3 is 2.58 bits per heavy atom. The Labute approximate surface area is 158 Å². The number of carbonyl (C=O) groups excluding carboxylic acids is 3. The molecule has 140 valence electrons. The maximum atomic E-state index is 12.9. The van der Waals surface area contributed by atoms with Gasteiger partial charge >= 0.3 is 6.03 Å². The van der Waals surface area contributed by atoms with E-state index in [1.54, 1.807) is 19.2 Å². The molecule has 2 fully saturated rings. The SMILES string of the molecule is CN(Cc1cccc(Cl)c1)C(=O)CN1C(=O)NC2(CCCCCC2)C1=O. The highest BCUT2D eigenvalue weighted by Gasteiger charge is 2.51. The van der Waals surface area contributed by atoms with E-state index in [9.17, 15) is 14.4 Å². The molecular weight excluding hydrogens is 354 g/mol. The number of benzene rings is 1. The van der Waals surface area contributed by atoms with Crippen molar-refractivity contribution in [2.24, 2.45) is 0 Å². The molecule has 1 spiro atoms. The summed E-state index contributed by atoms with van der Waals surface area (Å²) in [6, 6.07) is 6.81. The van der Waals surface area contributed by atoms with Crippen molar-refractivity contribution in [1.82, 2.24) is 15.1 Å². The summed E-state index contributed by atoms with van der Waals surface area (Å²) in [7, 11) is 1.66. The Morgan fingerprint density at radius 1 is 1.23 bits per heavy atom. The normalized spacial score (nSPS) is 19.4. The lowest BCUT2D eigenvalue weighted by Crippen LogP contribution is -2.47. The second-order valence-corrected chi connectivity index (χ2v) is 7.63. The molecule has 4 amide bonds. The molecule has 1 aliphatic heterocycles. The van der Waals surface area contributed by atoms with Gasteiger partial charge in [0.25, 0.3) is 5.91 Å². The summed E-state index contributed by atoms with van der Waals surface area (Å²) in [4.78, 5) is 40.3. The molecule has 1 aromatic rings. The van der Waals surface area contributed by atoms with Crippen molar-refractivity contribution in [3.05, 3.63) is 34.9 Å². The number of rotatable bonds is 4. The maximum Gasteiger partial charge on any atom is 0.325 e. The number of hydrogen-bond donors (Lipinski definition) is 1. The van der Waals surface area contributed by atoms with E-state index in [4.69, 9.17) is 11.6 Å². The zero-order valence-corrected chi connectivity index (χ0v) is 15.7. The summed E-state index contributed by atoms with van der Waals surface area (Å²) in [6.07, 6.45) is 5.30. The summed E-state index contributed by atoms with van der Waals surface area (Å²) >= 11 is 5.97. The smallest absolute Gasteiger partial charge is 0.325 e. The monoisotopic (exact) mass is 377 g/mol. The minimum Gasteiger partial charge on any atom is -0.340 e. The van der Waals surface area contributed by atoms with E-state index < -0.39 is 11.6 Å². The minimum atomic E-state index is -0.806. The van der Waals surface area contributed by atoms with Crippen LogP contribution in [0.3, 0.4) is 0 Å². The third-order valence-corrected chi connectivity index (χ3v) is 5.47. The molecule has 0 radical (unpaired) electrons. The van der Waals surface area contributed by atoms with Crippen LogP contribution in [0.4, 0.5) is 4.79 Å². The summed E-state index contributed by atoms with van der Waals surface area (Å²) in [6.45, 7) is 0.137. The van der Waals surface area contributed by atoms with Gasteiger partial charge < -0.3 is 10.2 Å². The Balaban J connectivity index is 1.64. The zero-order valence-electron chi connectivity index (χ0n) is 15.0. The maximum absolute atomic E-state index is 12.9. The van der Waals surface area contributed by atoms with Gasteiger partial charge in [0.05, 0.1) is 0 Å². The van der Waals surface area contributed by atoms with Crippen molar-refractivity contribution in [2.75, 3.05) is 13.6 Å². The van der Waals surface area contributed by atoms with Crippen molar-refractivity contribution >= 4 is 29.4 Å². The van der Waals surface area contributed by atoms with Crippen LogP contribution < -0.4 is 5.32 Å². The molecule has 0 aromatic heterocycles. The highest BCUT2D eigenvalue weighted by atomic mass is 35.5. The van der Waals surface area contributed by atoms with Crippen molar-refractivity contribution in [3.63, 3.8) is 0 Å². The van der Waals surface area contributed by atoms with Crippen molar-refractivity contribution in [3.8, 4) is 0 Å². The van der Waals surface area contributed by atoms with Crippen LogP contribution in [-0.2, 0) is 16.1 Å². The molecule has 1 aromatic carbocycles. The Morgan fingerprint density at radius 2 is 1.92 bits per heavy atom. The van der Waals surface area contributed by atoms with E-state index >= 15 is 0 Å². The molecule has 3 rings (SSSR count). The van der Waals surface area contributed by atoms with Gasteiger partial charge in [-0.1, -0.05) is 49.4 Å². The Kier molecular flexibility index (Phi) is 5.51. The van der Waals surface area contributed by atoms with E-state index in [-0.39, 0.29) is 18.4 Å². The molecule has 1 aliphatic carbocycles. The van der Waals surface area contributed by atoms with Gasteiger partial charge in [-0.2, -0.15) is 0 Å². The van der Waals surface area contributed by atoms with Gasteiger partial charge in [-0.3, -0.25) is 14.5 Å². The van der Waals surface area contributed by atoms with Crippen LogP contribution >= 0.6 is 11.6 Å². The van der Waals surface area contributed by atoms with Gasteiger partial charge in [0, 0.05) is 18.6 Å². The van der Waals surface area contributed by atoms with Gasteiger partial charge in [-0.05, 0) is 30.5 Å².